The van der Waals surface area contributed by atoms with Gasteiger partial charge < -0.3 is 24.3 Å². The van der Waals surface area contributed by atoms with E-state index in [1.54, 1.807) is 4.90 Å². The molecule has 5 rings (SSSR count). The van der Waals surface area contributed by atoms with Gasteiger partial charge in [0.05, 0.1) is 12.6 Å². The standard InChI is InChI=1S/C26H23F2N3O5/c1-15-11-31-21(36-15)13-30-12-19(25(33)29-10-17-7-8-18(27)9-20(17)28)23(32)24(22(30)26(31)34)35-14-16-5-3-2-4-6-16/h2-9,12,15,21H,10-11,13-14H2,1H3,(H,29,33)/t15-,21?/m1/s1. The Morgan fingerprint density at radius 3 is 2.67 bits per heavy atom. The normalized spacial score (nSPS) is 18.5. The first-order valence-corrected chi connectivity index (χ1v) is 11.4. The topological polar surface area (TPSA) is 89.9 Å². The minimum atomic E-state index is -0.817. The zero-order valence-corrected chi connectivity index (χ0v) is 19.4. The number of ether oxygens (including phenoxy) is 2. The number of amides is 2. The van der Waals surface area contributed by atoms with Crippen LogP contribution in [0.5, 0.6) is 5.75 Å². The summed E-state index contributed by atoms with van der Waals surface area (Å²) in [6.07, 6.45) is 0.585. The summed E-state index contributed by atoms with van der Waals surface area (Å²) in [5, 5.41) is 2.49. The van der Waals surface area contributed by atoms with Gasteiger partial charge in [0.25, 0.3) is 11.8 Å². The van der Waals surface area contributed by atoms with E-state index in [-0.39, 0.29) is 48.4 Å². The van der Waals surface area contributed by atoms with Gasteiger partial charge in [-0.05, 0) is 18.6 Å². The number of aromatic nitrogens is 1. The van der Waals surface area contributed by atoms with Crippen LogP contribution in [-0.4, -0.2) is 40.2 Å². The number of rotatable bonds is 6. The van der Waals surface area contributed by atoms with E-state index < -0.39 is 35.1 Å². The zero-order chi connectivity index (χ0) is 25.4. The van der Waals surface area contributed by atoms with E-state index in [1.807, 2.05) is 37.3 Å². The summed E-state index contributed by atoms with van der Waals surface area (Å²) >= 11 is 0. The largest absolute Gasteiger partial charge is 0.483 e. The molecule has 2 aromatic carbocycles. The minimum Gasteiger partial charge on any atom is -0.483 e. The Balaban J connectivity index is 1.49. The summed E-state index contributed by atoms with van der Waals surface area (Å²) in [5.74, 6) is -2.99. The molecule has 0 bridgehead atoms. The maximum absolute atomic E-state index is 14.0. The molecule has 2 amide bonds. The SMILES string of the molecule is C[C@@H]1CN2C(=O)c3c(OCc4ccccc4)c(=O)c(C(=O)NCc4ccc(F)cc4F)cn3CC2O1. The maximum Gasteiger partial charge on any atom is 0.276 e. The average Bonchev–Trinajstić information content (AvgIpc) is 3.24. The number of nitrogens with zero attached hydrogens (tertiary/aromatic N) is 2. The molecule has 2 aliphatic rings. The van der Waals surface area contributed by atoms with Gasteiger partial charge in [-0.15, -0.1) is 0 Å². The van der Waals surface area contributed by atoms with E-state index in [4.69, 9.17) is 9.47 Å². The number of hydrogen-bond acceptors (Lipinski definition) is 5. The van der Waals surface area contributed by atoms with Crippen LogP contribution in [0.2, 0.25) is 0 Å². The summed E-state index contributed by atoms with van der Waals surface area (Å²) in [6.45, 7) is 2.18. The predicted molar refractivity (Wildman–Crippen MR) is 124 cm³/mol. The molecule has 1 fully saturated rings. The van der Waals surface area contributed by atoms with E-state index >= 15 is 0 Å². The average molecular weight is 495 g/mol. The third kappa shape index (κ3) is 4.47. The van der Waals surface area contributed by atoms with Crippen LogP contribution in [0, 0.1) is 11.6 Å². The molecule has 1 saturated heterocycles. The molecule has 186 valence electrons. The third-order valence-electron chi connectivity index (χ3n) is 6.17. The number of fused-ring (bicyclic) bond motifs is 2. The van der Waals surface area contributed by atoms with Gasteiger partial charge in [-0.2, -0.15) is 0 Å². The summed E-state index contributed by atoms with van der Waals surface area (Å²) in [4.78, 5) is 41.3. The number of hydrogen-bond donors (Lipinski definition) is 1. The quantitative estimate of drug-likeness (QED) is 0.568. The van der Waals surface area contributed by atoms with E-state index in [0.29, 0.717) is 12.6 Å². The van der Waals surface area contributed by atoms with E-state index in [1.165, 1.54) is 16.8 Å². The van der Waals surface area contributed by atoms with Crippen LogP contribution in [0.3, 0.4) is 0 Å². The van der Waals surface area contributed by atoms with Crippen LogP contribution in [-0.2, 0) is 24.4 Å². The highest BCUT2D eigenvalue weighted by molar-refractivity contribution is 5.99. The first-order chi connectivity index (χ1) is 17.3. The summed E-state index contributed by atoms with van der Waals surface area (Å²) in [7, 11) is 0. The number of halogens is 2. The maximum atomic E-state index is 14.0. The Kier molecular flexibility index (Phi) is 6.27. The van der Waals surface area contributed by atoms with Crippen molar-refractivity contribution in [2.24, 2.45) is 0 Å². The first kappa shape index (κ1) is 23.7. The highest BCUT2D eigenvalue weighted by atomic mass is 19.1. The van der Waals surface area contributed by atoms with Crippen molar-refractivity contribution in [1.29, 1.82) is 0 Å². The van der Waals surface area contributed by atoms with Gasteiger partial charge in [-0.1, -0.05) is 36.4 Å². The lowest BCUT2D eigenvalue weighted by Gasteiger charge is -2.32. The molecule has 0 radical (unpaired) electrons. The molecule has 8 nitrogen and oxygen atoms in total. The second kappa shape index (κ2) is 9.54. The highest BCUT2D eigenvalue weighted by Crippen LogP contribution is 2.29. The summed E-state index contributed by atoms with van der Waals surface area (Å²) < 4.78 is 40.3. The van der Waals surface area contributed by atoms with Crippen LogP contribution in [0.15, 0.2) is 59.5 Å². The molecule has 2 atom stereocenters. The van der Waals surface area contributed by atoms with E-state index in [9.17, 15) is 23.2 Å². The van der Waals surface area contributed by atoms with Gasteiger partial charge in [-0.3, -0.25) is 14.4 Å². The van der Waals surface area contributed by atoms with Gasteiger partial charge in [0, 0.05) is 30.9 Å². The molecule has 0 aliphatic carbocycles. The van der Waals surface area contributed by atoms with Gasteiger partial charge in [0.15, 0.2) is 17.7 Å². The number of pyridine rings is 1. The number of carbonyl (C=O) groups is 2. The van der Waals surface area contributed by atoms with Crippen molar-refractivity contribution in [2.75, 3.05) is 6.54 Å². The molecule has 10 heteroatoms. The van der Waals surface area contributed by atoms with Crippen molar-refractivity contribution < 1.29 is 27.8 Å². The molecule has 1 aromatic heterocycles. The van der Waals surface area contributed by atoms with Crippen molar-refractivity contribution in [1.82, 2.24) is 14.8 Å². The molecule has 0 saturated carbocycles. The lowest BCUT2D eigenvalue weighted by molar-refractivity contribution is -0.0102. The fourth-order valence-electron chi connectivity index (χ4n) is 4.40. The second-order valence-corrected chi connectivity index (χ2v) is 8.75. The fraction of sp³-hybridized carbons (Fsp3) is 0.269. The fourth-order valence-corrected chi connectivity index (χ4v) is 4.40. The molecule has 0 spiro atoms. The van der Waals surface area contributed by atoms with Crippen LogP contribution in [0.25, 0.3) is 0 Å². The third-order valence-corrected chi connectivity index (χ3v) is 6.17. The smallest absolute Gasteiger partial charge is 0.276 e. The predicted octanol–water partition coefficient (Wildman–Crippen LogP) is 2.84. The van der Waals surface area contributed by atoms with E-state index in [0.717, 1.165) is 11.6 Å². The van der Waals surface area contributed by atoms with Crippen molar-refractivity contribution in [2.45, 2.75) is 39.0 Å². The summed E-state index contributed by atoms with van der Waals surface area (Å²) in [5.41, 5.74) is -0.143. The molecule has 3 heterocycles. The number of nitrogens with one attached hydrogen (secondary N) is 1. The van der Waals surface area contributed by atoms with E-state index in [2.05, 4.69) is 5.32 Å². The lowest BCUT2D eigenvalue weighted by atomic mass is 10.1. The van der Waals surface area contributed by atoms with Crippen LogP contribution in [0.1, 0.15) is 38.9 Å². The molecule has 36 heavy (non-hydrogen) atoms. The van der Waals surface area contributed by atoms with Gasteiger partial charge in [0.1, 0.15) is 23.8 Å². The van der Waals surface area contributed by atoms with Crippen molar-refractivity contribution >= 4 is 11.8 Å². The second-order valence-electron chi connectivity index (χ2n) is 8.75. The molecule has 1 N–H and O–H groups in total. The van der Waals surface area contributed by atoms with Gasteiger partial charge in [-0.25, -0.2) is 8.78 Å². The Bertz CT molecular complexity index is 1390. The van der Waals surface area contributed by atoms with Crippen LogP contribution >= 0.6 is 0 Å². The van der Waals surface area contributed by atoms with Crippen molar-refractivity contribution in [3.8, 4) is 5.75 Å². The van der Waals surface area contributed by atoms with Crippen molar-refractivity contribution in [3.05, 3.63) is 99.0 Å². The lowest BCUT2D eigenvalue weighted by Crippen LogP contribution is -2.47. The van der Waals surface area contributed by atoms with Gasteiger partial charge in [0.2, 0.25) is 5.43 Å². The molecule has 1 unspecified atom stereocenters. The molecule has 2 aliphatic heterocycles. The Morgan fingerprint density at radius 2 is 1.92 bits per heavy atom. The first-order valence-electron chi connectivity index (χ1n) is 11.4. The van der Waals surface area contributed by atoms with Gasteiger partial charge >= 0.3 is 0 Å². The monoisotopic (exact) mass is 495 g/mol. The molecule has 3 aromatic rings. The highest BCUT2D eigenvalue weighted by Gasteiger charge is 2.42. The summed E-state index contributed by atoms with van der Waals surface area (Å²) in [6, 6.07) is 12.1. The molecular formula is C26H23F2N3O5. The Morgan fingerprint density at radius 1 is 1.14 bits per heavy atom. The number of carbonyl (C=O) groups excluding carboxylic acids is 2. The van der Waals surface area contributed by atoms with Crippen LogP contribution in [0.4, 0.5) is 8.78 Å². The number of benzene rings is 2. The van der Waals surface area contributed by atoms with Crippen LogP contribution < -0.4 is 15.5 Å². The Hall–Kier alpha value is -4.05. The molecular weight excluding hydrogens is 472 g/mol. The van der Waals surface area contributed by atoms with Crippen molar-refractivity contribution in [3.63, 3.8) is 0 Å². The zero-order valence-electron chi connectivity index (χ0n) is 19.4. The minimum absolute atomic E-state index is 0.0125. The Labute approximate surface area is 205 Å².